The third-order valence-corrected chi connectivity index (χ3v) is 3.53. The zero-order chi connectivity index (χ0) is 13.6. The van der Waals surface area contributed by atoms with Gasteiger partial charge in [-0.15, -0.1) is 0 Å². The second-order valence-electron chi connectivity index (χ2n) is 5.11. The maximum atomic E-state index is 4.37. The molecule has 0 aliphatic heterocycles. The number of hydrogen-bond acceptors (Lipinski definition) is 1. The van der Waals surface area contributed by atoms with Crippen molar-refractivity contribution < 1.29 is 42.2 Å². The molecule has 0 aliphatic carbocycles. The SMILES string of the molecule is [Cl-].[Cl-].[Cr+3].c1ccc(Cc2cc[c-](CCc3ccccn3)c2)cc1. The molecule has 0 aliphatic rings. The summed E-state index contributed by atoms with van der Waals surface area (Å²) < 4.78 is 0. The van der Waals surface area contributed by atoms with Gasteiger partial charge in [0.05, 0.1) is 0 Å². The molecule has 0 fully saturated rings. The van der Waals surface area contributed by atoms with Gasteiger partial charge in [-0.25, -0.2) is 6.07 Å². The van der Waals surface area contributed by atoms with E-state index >= 15 is 0 Å². The Kier molecular flexibility index (Phi) is 10.8. The average Bonchev–Trinajstić information content (AvgIpc) is 2.95. The normalized spacial score (nSPS) is 9.22. The van der Waals surface area contributed by atoms with E-state index in [9.17, 15) is 0 Å². The number of aromatic nitrogens is 1. The van der Waals surface area contributed by atoms with Crippen LogP contribution in [0.3, 0.4) is 0 Å². The number of rotatable bonds is 5. The van der Waals surface area contributed by atoms with E-state index in [2.05, 4.69) is 59.6 Å². The smallest absolute Gasteiger partial charge is 1.00 e. The van der Waals surface area contributed by atoms with Crippen LogP contribution < -0.4 is 24.8 Å². The van der Waals surface area contributed by atoms with Crippen LogP contribution in [-0.2, 0) is 36.6 Å². The summed E-state index contributed by atoms with van der Waals surface area (Å²) in [6.07, 6.45) is 4.95. The van der Waals surface area contributed by atoms with Gasteiger partial charge in [0, 0.05) is 11.9 Å². The third-order valence-electron chi connectivity index (χ3n) is 3.53. The Hall–Kier alpha value is -1.17. The van der Waals surface area contributed by atoms with Gasteiger partial charge in [-0.1, -0.05) is 54.8 Å². The Morgan fingerprint density at radius 2 is 1.57 bits per heavy atom. The van der Waals surface area contributed by atoms with Gasteiger partial charge in [-0.05, 0) is 18.6 Å². The van der Waals surface area contributed by atoms with Crippen molar-refractivity contribution in [2.24, 2.45) is 0 Å². The minimum atomic E-state index is 0. The van der Waals surface area contributed by atoms with Gasteiger partial charge in [0.1, 0.15) is 0 Å². The van der Waals surface area contributed by atoms with Crippen molar-refractivity contribution in [3.8, 4) is 0 Å². The molecule has 1 radical (unpaired) electrons. The van der Waals surface area contributed by atoms with E-state index in [0.29, 0.717) is 0 Å². The number of halogens is 2. The van der Waals surface area contributed by atoms with Crippen molar-refractivity contribution >= 4 is 0 Å². The standard InChI is InChI=1S/C19H18N.2ClH.Cr/c1-2-6-16(7-3-1)14-18-10-9-17(15-18)11-12-19-8-4-5-13-20-19;;;/h1-10,13,15H,11-12,14H2;2*1H;/q-1;;;+3/p-2. The van der Waals surface area contributed by atoms with Gasteiger partial charge >= 0.3 is 17.4 Å². The van der Waals surface area contributed by atoms with Gasteiger partial charge in [0.25, 0.3) is 0 Å². The molecule has 0 saturated carbocycles. The van der Waals surface area contributed by atoms with Crippen molar-refractivity contribution in [1.82, 2.24) is 4.98 Å². The van der Waals surface area contributed by atoms with Crippen LogP contribution in [0.5, 0.6) is 0 Å². The molecule has 3 rings (SSSR count). The van der Waals surface area contributed by atoms with Gasteiger partial charge in [0.15, 0.2) is 0 Å². The summed E-state index contributed by atoms with van der Waals surface area (Å²) in [5.74, 6) is 0. The Bertz CT molecular complexity index is 653. The molecule has 0 unspecified atom stereocenters. The first kappa shape index (κ1) is 21.8. The number of hydrogen-bond donors (Lipinski definition) is 0. The van der Waals surface area contributed by atoms with Crippen molar-refractivity contribution in [2.75, 3.05) is 0 Å². The first-order chi connectivity index (χ1) is 9.90. The fourth-order valence-corrected chi connectivity index (χ4v) is 2.46. The number of pyridine rings is 1. The van der Waals surface area contributed by atoms with Crippen LogP contribution in [0.15, 0.2) is 72.9 Å². The maximum Gasteiger partial charge on any atom is 3.00 e. The van der Waals surface area contributed by atoms with Crippen molar-refractivity contribution in [1.29, 1.82) is 0 Å². The molecule has 1 aromatic heterocycles. The molecule has 0 amide bonds. The Morgan fingerprint density at radius 1 is 0.826 bits per heavy atom. The molecule has 119 valence electrons. The van der Waals surface area contributed by atoms with E-state index in [1.807, 2.05) is 18.3 Å². The van der Waals surface area contributed by atoms with Crippen molar-refractivity contribution in [2.45, 2.75) is 19.3 Å². The number of aryl methyl sites for hydroxylation is 2. The largest absolute Gasteiger partial charge is 3.00 e. The summed E-state index contributed by atoms with van der Waals surface area (Å²) in [6.45, 7) is 0. The van der Waals surface area contributed by atoms with Crippen LogP contribution in [0.2, 0.25) is 0 Å². The summed E-state index contributed by atoms with van der Waals surface area (Å²) >= 11 is 0. The Balaban J connectivity index is 0.00000161. The first-order valence-electron chi connectivity index (χ1n) is 7.08. The minimum Gasteiger partial charge on any atom is -1.00 e. The van der Waals surface area contributed by atoms with E-state index in [1.165, 1.54) is 22.4 Å². The molecule has 0 spiro atoms. The van der Waals surface area contributed by atoms with Gasteiger partial charge in [0.2, 0.25) is 0 Å². The van der Waals surface area contributed by atoms with Gasteiger partial charge in [-0.3, -0.25) is 4.98 Å². The molecule has 1 heterocycles. The summed E-state index contributed by atoms with van der Waals surface area (Å²) in [7, 11) is 0. The minimum absolute atomic E-state index is 0. The average molecular weight is 383 g/mol. The van der Waals surface area contributed by atoms with Gasteiger partial charge < -0.3 is 24.8 Å². The molecule has 0 bridgehead atoms. The molecule has 0 N–H and O–H groups in total. The predicted octanol–water partition coefficient (Wildman–Crippen LogP) is -1.82. The molecule has 23 heavy (non-hydrogen) atoms. The Labute approximate surface area is 161 Å². The van der Waals surface area contributed by atoms with Gasteiger partial charge in [-0.2, -0.15) is 23.3 Å². The third kappa shape index (κ3) is 6.85. The Morgan fingerprint density at radius 3 is 2.26 bits per heavy atom. The van der Waals surface area contributed by atoms with E-state index in [4.69, 9.17) is 0 Å². The topological polar surface area (TPSA) is 12.9 Å². The molecule has 2 aromatic carbocycles. The summed E-state index contributed by atoms with van der Waals surface area (Å²) in [5.41, 5.74) is 5.33. The van der Waals surface area contributed by atoms with E-state index in [1.54, 1.807) is 0 Å². The quantitative estimate of drug-likeness (QED) is 0.473. The van der Waals surface area contributed by atoms with Crippen LogP contribution in [-0.4, -0.2) is 4.98 Å². The molecular weight excluding hydrogens is 365 g/mol. The number of nitrogens with zero attached hydrogens (tertiary/aromatic N) is 1. The molecule has 1 nitrogen and oxygen atoms in total. The summed E-state index contributed by atoms with van der Waals surface area (Å²) in [5, 5.41) is 0. The summed E-state index contributed by atoms with van der Waals surface area (Å²) in [4.78, 5) is 4.37. The maximum absolute atomic E-state index is 4.37. The molecule has 4 heteroatoms. The van der Waals surface area contributed by atoms with E-state index in [-0.39, 0.29) is 42.2 Å². The van der Waals surface area contributed by atoms with Crippen LogP contribution in [0.4, 0.5) is 0 Å². The van der Waals surface area contributed by atoms with E-state index < -0.39 is 0 Å². The van der Waals surface area contributed by atoms with Crippen LogP contribution in [0.1, 0.15) is 22.4 Å². The fraction of sp³-hybridized carbons (Fsp3) is 0.158. The monoisotopic (exact) mass is 382 g/mol. The van der Waals surface area contributed by atoms with Crippen LogP contribution >= 0.6 is 0 Å². The fourth-order valence-electron chi connectivity index (χ4n) is 2.46. The predicted molar refractivity (Wildman–Crippen MR) is 82.9 cm³/mol. The first-order valence-corrected chi connectivity index (χ1v) is 7.08. The van der Waals surface area contributed by atoms with Crippen LogP contribution in [0, 0.1) is 0 Å². The summed E-state index contributed by atoms with van der Waals surface area (Å²) in [6, 6.07) is 23.5. The molecule has 0 saturated heterocycles. The van der Waals surface area contributed by atoms with Crippen molar-refractivity contribution in [3.63, 3.8) is 0 Å². The zero-order valence-corrected chi connectivity index (χ0v) is 15.4. The van der Waals surface area contributed by atoms with Crippen LogP contribution in [0.25, 0.3) is 0 Å². The second kappa shape index (κ2) is 11.4. The molecule has 0 atom stereocenters. The molecular formula is C19H18Cl2CrN. The van der Waals surface area contributed by atoms with E-state index in [0.717, 1.165) is 19.3 Å². The zero-order valence-electron chi connectivity index (χ0n) is 12.7. The second-order valence-corrected chi connectivity index (χ2v) is 5.11. The molecule has 3 aromatic rings. The van der Waals surface area contributed by atoms with Crippen molar-refractivity contribution in [3.05, 3.63) is 95.3 Å². The number of benzene rings is 1.